The van der Waals surface area contributed by atoms with E-state index < -0.39 is 22.4 Å². The third-order valence-electron chi connectivity index (χ3n) is 4.71. The number of benzene rings is 3. The van der Waals surface area contributed by atoms with Gasteiger partial charge in [-0.3, -0.25) is 15.5 Å². The van der Waals surface area contributed by atoms with Crippen molar-refractivity contribution in [1.82, 2.24) is 4.98 Å². The Morgan fingerprint density at radius 3 is 2.42 bits per heavy atom. The largest absolute Gasteiger partial charge is 0.416 e. The normalized spacial score (nSPS) is 11.8. The van der Waals surface area contributed by atoms with Crippen LogP contribution < -0.4 is 5.43 Å². The van der Waals surface area contributed by atoms with Crippen molar-refractivity contribution < 1.29 is 18.1 Å². The third kappa shape index (κ3) is 4.11. The molecule has 0 aliphatic rings. The lowest BCUT2D eigenvalue weighted by Crippen LogP contribution is -2.06. The second-order valence-corrected chi connectivity index (χ2v) is 6.68. The van der Waals surface area contributed by atoms with Crippen molar-refractivity contribution >= 4 is 28.5 Å². The smallest absolute Gasteiger partial charge is 0.354 e. The van der Waals surface area contributed by atoms with Crippen molar-refractivity contribution in [2.45, 2.75) is 6.18 Å². The fourth-order valence-electron chi connectivity index (χ4n) is 3.25. The summed E-state index contributed by atoms with van der Waals surface area (Å²) >= 11 is 0. The van der Waals surface area contributed by atoms with E-state index in [9.17, 15) is 23.3 Å². The number of rotatable bonds is 5. The van der Waals surface area contributed by atoms with Crippen molar-refractivity contribution in [3.05, 3.63) is 94.0 Å². The van der Waals surface area contributed by atoms with E-state index in [1.54, 1.807) is 0 Å². The summed E-state index contributed by atoms with van der Waals surface area (Å²) in [4.78, 5) is 13.7. The van der Waals surface area contributed by atoms with E-state index in [1.807, 2.05) is 54.6 Å². The molecule has 0 bridgehead atoms. The number of nitrogens with zero attached hydrogens (tertiary/aromatic N) is 2. The van der Waals surface area contributed by atoms with E-state index in [-0.39, 0.29) is 5.69 Å². The highest BCUT2D eigenvalue weighted by atomic mass is 19.4. The SMILES string of the molecule is O=[N+]([O-])c1cc(C(F)(F)F)ccc1NN=Cc1c(-c2ccccc2)[nH]c2ccccc12. The van der Waals surface area contributed by atoms with Gasteiger partial charge in [-0.2, -0.15) is 18.3 Å². The first kappa shape index (κ1) is 20.1. The Hall–Kier alpha value is -4.14. The second-order valence-electron chi connectivity index (χ2n) is 6.68. The minimum absolute atomic E-state index is 0.143. The summed E-state index contributed by atoms with van der Waals surface area (Å²) in [5.41, 5.74) is 3.88. The van der Waals surface area contributed by atoms with Gasteiger partial charge in [-0.05, 0) is 23.8 Å². The van der Waals surface area contributed by atoms with E-state index >= 15 is 0 Å². The van der Waals surface area contributed by atoms with Crippen LogP contribution in [-0.2, 0) is 6.18 Å². The highest BCUT2D eigenvalue weighted by Gasteiger charge is 2.33. The lowest BCUT2D eigenvalue weighted by Gasteiger charge is -2.08. The molecule has 0 fully saturated rings. The van der Waals surface area contributed by atoms with Gasteiger partial charge < -0.3 is 4.98 Å². The van der Waals surface area contributed by atoms with Gasteiger partial charge in [-0.25, -0.2) is 0 Å². The number of aromatic nitrogens is 1. The van der Waals surface area contributed by atoms with Crippen molar-refractivity contribution in [2.75, 3.05) is 5.43 Å². The molecule has 156 valence electrons. The summed E-state index contributed by atoms with van der Waals surface area (Å²) in [5.74, 6) is 0. The number of hydrazone groups is 1. The van der Waals surface area contributed by atoms with E-state index in [0.717, 1.165) is 39.9 Å². The average molecular weight is 424 g/mol. The first-order valence-corrected chi connectivity index (χ1v) is 9.15. The molecule has 0 atom stereocenters. The van der Waals surface area contributed by atoms with Crippen LogP contribution in [0.25, 0.3) is 22.2 Å². The summed E-state index contributed by atoms with van der Waals surface area (Å²) in [6, 6.07) is 19.4. The number of anilines is 1. The number of nitro benzene ring substituents is 1. The molecule has 0 saturated carbocycles. The number of para-hydroxylation sites is 1. The van der Waals surface area contributed by atoms with Crippen LogP contribution in [0, 0.1) is 10.1 Å². The van der Waals surface area contributed by atoms with E-state index in [1.165, 1.54) is 6.21 Å². The predicted octanol–water partition coefficient (Wildman–Crippen LogP) is 6.21. The minimum Gasteiger partial charge on any atom is -0.354 e. The molecule has 4 aromatic rings. The van der Waals surface area contributed by atoms with Gasteiger partial charge in [0.05, 0.1) is 22.4 Å². The van der Waals surface area contributed by atoms with Gasteiger partial charge in [-0.1, -0.05) is 48.5 Å². The number of hydrogen-bond donors (Lipinski definition) is 2. The van der Waals surface area contributed by atoms with Gasteiger partial charge >= 0.3 is 6.18 Å². The number of nitrogens with one attached hydrogen (secondary N) is 2. The van der Waals surface area contributed by atoms with E-state index in [4.69, 9.17) is 0 Å². The quantitative estimate of drug-likeness (QED) is 0.227. The minimum atomic E-state index is -4.68. The van der Waals surface area contributed by atoms with Crippen LogP contribution in [0.1, 0.15) is 11.1 Å². The summed E-state index contributed by atoms with van der Waals surface area (Å²) < 4.78 is 38.6. The van der Waals surface area contributed by atoms with Crippen molar-refractivity contribution in [3.63, 3.8) is 0 Å². The maximum absolute atomic E-state index is 12.9. The summed E-state index contributed by atoms with van der Waals surface area (Å²) in [6.45, 7) is 0. The molecular formula is C22H15F3N4O2. The van der Waals surface area contributed by atoms with E-state index in [0.29, 0.717) is 6.07 Å². The van der Waals surface area contributed by atoms with Crippen LogP contribution >= 0.6 is 0 Å². The van der Waals surface area contributed by atoms with Gasteiger partial charge in [-0.15, -0.1) is 0 Å². The fraction of sp³-hybridized carbons (Fsp3) is 0.0455. The first-order valence-electron chi connectivity index (χ1n) is 9.15. The molecule has 0 saturated heterocycles. The fourth-order valence-corrected chi connectivity index (χ4v) is 3.25. The van der Waals surface area contributed by atoms with Crippen LogP contribution in [0.2, 0.25) is 0 Å². The Bertz CT molecular complexity index is 1280. The van der Waals surface area contributed by atoms with Crippen LogP contribution in [0.4, 0.5) is 24.5 Å². The Kier molecular flexibility index (Phi) is 5.16. The number of nitro groups is 1. The summed E-state index contributed by atoms with van der Waals surface area (Å²) in [7, 11) is 0. The number of H-pyrrole nitrogens is 1. The molecule has 0 amide bonds. The molecule has 0 aliphatic carbocycles. The maximum Gasteiger partial charge on any atom is 0.416 e. The highest BCUT2D eigenvalue weighted by molar-refractivity contribution is 6.06. The third-order valence-corrected chi connectivity index (χ3v) is 4.71. The van der Waals surface area contributed by atoms with Gasteiger partial charge in [0.2, 0.25) is 0 Å². The van der Waals surface area contributed by atoms with Crippen LogP contribution in [0.3, 0.4) is 0 Å². The lowest BCUT2D eigenvalue weighted by atomic mass is 10.1. The monoisotopic (exact) mass is 424 g/mol. The second kappa shape index (κ2) is 7.94. The van der Waals surface area contributed by atoms with Gasteiger partial charge in [0, 0.05) is 22.5 Å². The Morgan fingerprint density at radius 2 is 1.71 bits per heavy atom. The number of hydrogen-bond acceptors (Lipinski definition) is 4. The molecule has 0 unspecified atom stereocenters. The molecule has 0 radical (unpaired) electrons. The van der Waals surface area contributed by atoms with Crippen molar-refractivity contribution in [1.29, 1.82) is 0 Å². The summed E-state index contributed by atoms with van der Waals surface area (Å²) in [5, 5.41) is 16.2. The van der Waals surface area contributed by atoms with Crippen LogP contribution in [-0.4, -0.2) is 16.1 Å². The maximum atomic E-state index is 12.9. The van der Waals surface area contributed by atoms with Crippen molar-refractivity contribution in [2.24, 2.45) is 5.10 Å². The highest BCUT2D eigenvalue weighted by Crippen LogP contribution is 2.35. The zero-order chi connectivity index (χ0) is 22.0. The molecule has 3 aromatic carbocycles. The number of aromatic amines is 1. The standard InChI is InChI=1S/C22H15F3N4O2/c23-22(24,25)15-10-11-19(20(12-15)29(30)31)28-26-13-17-16-8-4-5-9-18(16)27-21(17)14-6-2-1-3-7-14/h1-13,27-28H. The Labute approximate surface area is 174 Å². The molecule has 1 aromatic heterocycles. The molecule has 0 spiro atoms. The van der Waals surface area contributed by atoms with Crippen LogP contribution in [0.5, 0.6) is 0 Å². The molecule has 4 rings (SSSR count). The lowest BCUT2D eigenvalue weighted by molar-refractivity contribution is -0.384. The molecule has 0 aliphatic heterocycles. The van der Waals surface area contributed by atoms with Gasteiger partial charge in [0.15, 0.2) is 0 Å². The zero-order valence-corrected chi connectivity index (χ0v) is 15.9. The Morgan fingerprint density at radius 1 is 1.00 bits per heavy atom. The van der Waals surface area contributed by atoms with Gasteiger partial charge in [0.1, 0.15) is 5.69 Å². The first-order chi connectivity index (χ1) is 14.8. The molecule has 9 heteroatoms. The predicted molar refractivity (Wildman–Crippen MR) is 113 cm³/mol. The molecule has 1 heterocycles. The topological polar surface area (TPSA) is 83.3 Å². The van der Waals surface area contributed by atoms with E-state index in [2.05, 4.69) is 15.5 Å². The zero-order valence-electron chi connectivity index (χ0n) is 15.9. The molecule has 31 heavy (non-hydrogen) atoms. The summed E-state index contributed by atoms with van der Waals surface area (Å²) in [6.07, 6.45) is -3.19. The van der Waals surface area contributed by atoms with Crippen LogP contribution in [0.15, 0.2) is 77.9 Å². The molecular weight excluding hydrogens is 409 g/mol. The van der Waals surface area contributed by atoms with Gasteiger partial charge in [0.25, 0.3) is 5.69 Å². The van der Waals surface area contributed by atoms with Crippen molar-refractivity contribution in [3.8, 4) is 11.3 Å². The number of fused-ring (bicyclic) bond motifs is 1. The Balaban J connectivity index is 1.71. The average Bonchev–Trinajstić information content (AvgIpc) is 3.12. The number of alkyl halides is 3. The molecule has 2 N–H and O–H groups in total. The molecule has 6 nitrogen and oxygen atoms in total. The number of halogens is 3.